The summed E-state index contributed by atoms with van der Waals surface area (Å²) in [5.41, 5.74) is 1.76. The monoisotopic (exact) mass is 350 g/mol. The lowest BCUT2D eigenvalue weighted by Gasteiger charge is -2.11. The molecule has 0 unspecified atom stereocenters. The molecule has 3 N–H and O–H groups in total. The zero-order valence-electron chi connectivity index (χ0n) is 13.4. The van der Waals surface area contributed by atoms with E-state index >= 15 is 0 Å². The highest BCUT2D eigenvalue weighted by Crippen LogP contribution is 2.16. The maximum absolute atomic E-state index is 13.3. The van der Waals surface area contributed by atoms with Crippen molar-refractivity contribution in [2.75, 3.05) is 13.1 Å². The third-order valence-corrected chi connectivity index (χ3v) is 3.49. The summed E-state index contributed by atoms with van der Waals surface area (Å²) in [6, 6.07) is 7.94. The number of nitrogens with one attached hydrogen (secondary N) is 2. The Balaban J connectivity index is 1.90. The van der Waals surface area contributed by atoms with Crippen molar-refractivity contribution in [3.05, 3.63) is 58.6 Å². The van der Waals surface area contributed by atoms with Crippen LogP contribution < -0.4 is 10.6 Å². The number of guanidine groups is 1. The van der Waals surface area contributed by atoms with Gasteiger partial charge in [0.05, 0.1) is 6.54 Å². The van der Waals surface area contributed by atoms with Crippen molar-refractivity contribution in [1.82, 2.24) is 15.6 Å². The Labute approximate surface area is 145 Å². The zero-order chi connectivity index (χ0) is 17.4. The summed E-state index contributed by atoms with van der Waals surface area (Å²) in [4.78, 5) is 8.45. The number of nitrogens with zero attached hydrogens (tertiary/aromatic N) is 2. The third-order valence-electron chi connectivity index (χ3n) is 3.27. The molecule has 0 amide bonds. The first-order valence-corrected chi connectivity index (χ1v) is 8.06. The van der Waals surface area contributed by atoms with Gasteiger partial charge in [0.1, 0.15) is 5.15 Å². The Morgan fingerprint density at radius 3 is 2.71 bits per heavy atom. The van der Waals surface area contributed by atoms with E-state index in [9.17, 15) is 9.50 Å². The smallest absolute Gasteiger partial charge is 0.191 e. The van der Waals surface area contributed by atoms with E-state index in [-0.39, 0.29) is 5.75 Å². The number of hydrogen-bond donors (Lipinski definition) is 3. The fourth-order valence-electron chi connectivity index (χ4n) is 2.04. The Hall–Kier alpha value is -2.34. The zero-order valence-corrected chi connectivity index (χ0v) is 14.1. The van der Waals surface area contributed by atoms with E-state index in [1.165, 1.54) is 12.1 Å². The Kier molecular flexibility index (Phi) is 6.81. The maximum Gasteiger partial charge on any atom is 0.191 e. The molecule has 24 heavy (non-hydrogen) atoms. The third kappa shape index (κ3) is 5.70. The molecule has 1 aromatic heterocycles. The highest BCUT2D eigenvalue weighted by Gasteiger charge is 2.02. The van der Waals surface area contributed by atoms with E-state index in [1.807, 2.05) is 13.0 Å². The highest BCUT2D eigenvalue weighted by molar-refractivity contribution is 6.29. The molecule has 0 aliphatic rings. The van der Waals surface area contributed by atoms with Gasteiger partial charge in [0, 0.05) is 19.3 Å². The predicted octanol–water partition coefficient (Wildman–Crippen LogP) is 2.88. The van der Waals surface area contributed by atoms with E-state index < -0.39 is 5.82 Å². The number of phenolic OH excluding ortho intramolecular Hbond substituents is 1. The van der Waals surface area contributed by atoms with Crippen LogP contribution in [0.25, 0.3) is 0 Å². The maximum atomic E-state index is 13.3. The van der Waals surface area contributed by atoms with E-state index in [0.29, 0.717) is 29.8 Å². The van der Waals surface area contributed by atoms with Crippen LogP contribution in [-0.2, 0) is 13.0 Å². The minimum absolute atomic E-state index is 0.315. The van der Waals surface area contributed by atoms with E-state index in [2.05, 4.69) is 20.6 Å². The number of halogens is 2. The normalized spacial score (nSPS) is 11.4. The number of hydrogen-bond acceptors (Lipinski definition) is 3. The molecule has 0 atom stereocenters. The van der Waals surface area contributed by atoms with Gasteiger partial charge in [0.25, 0.3) is 0 Å². The van der Waals surface area contributed by atoms with Crippen LogP contribution in [0.3, 0.4) is 0 Å². The summed E-state index contributed by atoms with van der Waals surface area (Å²) >= 11 is 5.76. The van der Waals surface area contributed by atoms with Gasteiger partial charge < -0.3 is 15.7 Å². The molecule has 0 saturated heterocycles. The van der Waals surface area contributed by atoms with Crippen LogP contribution in [0.4, 0.5) is 4.39 Å². The largest absolute Gasteiger partial charge is 0.505 e. The molecule has 2 aromatic rings. The molecule has 0 aliphatic heterocycles. The van der Waals surface area contributed by atoms with Crippen molar-refractivity contribution >= 4 is 17.6 Å². The summed E-state index contributed by atoms with van der Waals surface area (Å²) in [6.45, 7) is 3.69. The standard InChI is InChI=1S/C17H20ClFN4O/c1-2-20-17(21-8-7-12-4-6-16(18)22-10-12)23-11-13-3-5-15(24)14(19)9-13/h3-6,9-10,24H,2,7-8,11H2,1H3,(H2,20,21,23). The average Bonchev–Trinajstić information content (AvgIpc) is 2.57. The summed E-state index contributed by atoms with van der Waals surface area (Å²) in [7, 11) is 0. The molecule has 0 aliphatic carbocycles. The SMILES string of the molecule is CCNC(=NCc1ccc(O)c(F)c1)NCCc1ccc(Cl)nc1. The van der Waals surface area contributed by atoms with Crippen molar-refractivity contribution < 1.29 is 9.50 Å². The lowest BCUT2D eigenvalue weighted by molar-refractivity contribution is 0.432. The number of rotatable bonds is 6. The first-order valence-electron chi connectivity index (χ1n) is 7.68. The second kappa shape index (κ2) is 9.08. The Bertz CT molecular complexity index is 691. The summed E-state index contributed by atoms with van der Waals surface area (Å²) in [5, 5.41) is 16.0. The van der Waals surface area contributed by atoms with Crippen molar-refractivity contribution in [2.24, 2.45) is 4.99 Å². The van der Waals surface area contributed by atoms with Crippen molar-refractivity contribution in [2.45, 2.75) is 19.9 Å². The van der Waals surface area contributed by atoms with Gasteiger partial charge in [-0.25, -0.2) is 14.4 Å². The minimum atomic E-state index is -0.643. The van der Waals surface area contributed by atoms with Crippen LogP contribution in [0.1, 0.15) is 18.1 Å². The lowest BCUT2D eigenvalue weighted by atomic mass is 10.2. The highest BCUT2D eigenvalue weighted by atomic mass is 35.5. The van der Waals surface area contributed by atoms with Crippen LogP contribution in [0, 0.1) is 5.82 Å². The molecule has 0 saturated carbocycles. The Morgan fingerprint density at radius 1 is 1.25 bits per heavy atom. The second-order valence-electron chi connectivity index (χ2n) is 5.15. The molecule has 1 aromatic carbocycles. The van der Waals surface area contributed by atoms with Crippen LogP contribution in [0.5, 0.6) is 5.75 Å². The predicted molar refractivity (Wildman–Crippen MR) is 93.8 cm³/mol. The van der Waals surface area contributed by atoms with Crippen molar-refractivity contribution in [3.63, 3.8) is 0 Å². The quantitative estimate of drug-likeness (QED) is 0.425. The second-order valence-corrected chi connectivity index (χ2v) is 5.53. The lowest BCUT2D eigenvalue weighted by Crippen LogP contribution is -2.38. The number of benzene rings is 1. The molecule has 0 radical (unpaired) electrons. The van der Waals surface area contributed by atoms with Gasteiger partial charge in [-0.2, -0.15) is 0 Å². The van der Waals surface area contributed by atoms with Gasteiger partial charge in [-0.05, 0) is 42.7 Å². The topological polar surface area (TPSA) is 69.5 Å². The van der Waals surface area contributed by atoms with Gasteiger partial charge in [-0.3, -0.25) is 0 Å². The first kappa shape index (κ1) is 18.0. The number of aromatic nitrogens is 1. The number of phenols is 1. The molecular weight excluding hydrogens is 331 g/mol. The van der Waals surface area contributed by atoms with Gasteiger partial charge in [-0.1, -0.05) is 23.7 Å². The van der Waals surface area contributed by atoms with Crippen molar-refractivity contribution in [3.8, 4) is 5.75 Å². The molecular formula is C17H20ClFN4O. The molecule has 0 spiro atoms. The van der Waals surface area contributed by atoms with Gasteiger partial charge in [0.2, 0.25) is 0 Å². The van der Waals surface area contributed by atoms with Crippen LogP contribution in [0.2, 0.25) is 5.15 Å². The van der Waals surface area contributed by atoms with Gasteiger partial charge in [-0.15, -0.1) is 0 Å². The fourth-order valence-corrected chi connectivity index (χ4v) is 2.15. The molecule has 2 rings (SSSR count). The van der Waals surface area contributed by atoms with E-state index in [4.69, 9.17) is 11.6 Å². The minimum Gasteiger partial charge on any atom is -0.505 e. The molecule has 7 heteroatoms. The average molecular weight is 351 g/mol. The van der Waals surface area contributed by atoms with Crippen LogP contribution >= 0.6 is 11.6 Å². The number of pyridine rings is 1. The summed E-state index contributed by atoms with van der Waals surface area (Å²) < 4.78 is 13.3. The molecule has 128 valence electrons. The molecule has 0 bridgehead atoms. The molecule has 0 fully saturated rings. The summed E-state index contributed by atoms with van der Waals surface area (Å²) in [6.07, 6.45) is 2.52. The Morgan fingerprint density at radius 2 is 2.04 bits per heavy atom. The molecule has 1 heterocycles. The van der Waals surface area contributed by atoms with E-state index in [1.54, 1.807) is 18.3 Å². The summed E-state index contributed by atoms with van der Waals surface area (Å²) in [5.74, 6) is -0.354. The number of aliphatic imine (C=N–C) groups is 1. The van der Waals surface area contributed by atoms with Crippen molar-refractivity contribution in [1.29, 1.82) is 0 Å². The van der Waals surface area contributed by atoms with Gasteiger partial charge >= 0.3 is 0 Å². The fraction of sp³-hybridized carbons (Fsp3) is 0.294. The first-order chi connectivity index (χ1) is 11.6. The number of aromatic hydroxyl groups is 1. The van der Waals surface area contributed by atoms with Gasteiger partial charge in [0.15, 0.2) is 17.5 Å². The molecule has 5 nitrogen and oxygen atoms in total. The van der Waals surface area contributed by atoms with Crippen LogP contribution in [-0.4, -0.2) is 29.1 Å². The van der Waals surface area contributed by atoms with Crippen LogP contribution in [0.15, 0.2) is 41.5 Å². The van der Waals surface area contributed by atoms with E-state index in [0.717, 1.165) is 18.5 Å².